The highest BCUT2D eigenvalue weighted by Gasteiger charge is 2.18. The van der Waals surface area contributed by atoms with Gasteiger partial charge in [-0.1, -0.05) is 97.1 Å². The summed E-state index contributed by atoms with van der Waals surface area (Å²) in [7, 11) is 0. The van der Waals surface area contributed by atoms with Crippen LogP contribution in [0.4, 0.5) is 0 Å². The molecule has 0 saturated carbocycles. The molecule has 182 valence electrons. The van der Waals surface area contributed by atoms with Gasteiger partial charge in [-0.25, -0.2) is 4.98 Å². The molecule has 0 atom stereocenters. The maximum atomic E-state index is 6.02. The summed E-state index contributed by atoms with van der Waals surface area (Å²) in [6, 6.07) is 44.3. The molecule has 0 radical (unpaired) electrons. The van der Waals surface area contributed by atoms with Crippen LogP contribution in [-0.4, -0.2) is 9.97 Å². The van der Waals surface area contributed by atoms with Gasteiger partial charge in [0, 0.05) is 22.7 Å². The highest BCUT2D eigenvalue weighted by atomic mass is 16.3. The molecule has 0 aliphatic heterocycles. The summed E-state index contributed by atoms with van der Waals surface area (Å²) < 4.78 is 6.02. The quantitative estimate of drug-likeness (QED) is 0.228. The molecule has 2 aromatic heterocycles. The topological polar surface area (TPSA) is 38.9 Å². The highest BCUT2D eigenvalue weighted by molar-refractivity contribution is 6.21. The smallest absolute Gasteiger partial charge is 0.227 e. The zero-order chi connectivity index (χ0) is 25.8. The van der Waals surface area contributed by atoms with Crippen molar-refractivity contribution >= 4 is 43.4 Å². The van der Waals surface area contributed by atoms with E-state index in [1.54, 1.807) is 0 Å². The second-order valence-corrected chi connectivity index (χ2v) is 9.82. The molecule has 0 aliphatic carbocycles. The van der Waals surface area contributed by atoms with Crippen molar-refractivity contribution < 1.29 is 4.42 Å². The van der Waals surface area contributed by atoms with Gasteiger partial charge in [-0.3, -0.25) is 4.98 Å². The molecule has 3 nitrogen and oxygen atoms in total. The molecule has 8 aromatic rings. The Morgan fingerprint density at radius 2 is 1.05 bits per heavy atom. The predicted molar refractivity (Wildman–Crippen MR) is 161 cm³/mol. The Balaban J connectivity index is 1.35. The van der Waals surface area contributed by atoms with Crippen LogP contribution in [0.15, 0.2) is 138 Å². The van der Waals surface area contributed by atoms with Crippen molar-refractivity contribution in [2.24, 2.45) is 0 Å². The number of oxazole rings is 1. The average Bonchev–Trinajstić information content (AvgIpc) is 3.44. The van der Waals surface area contributed by atoms with Crippen LogP contribution in [0.5, 0.6) is 0 Å². The molecule has 0 N–H and O–H groups in total. The number of benzene rings is 6. The summed E-state index contributed by atoms with van der Waals surface area (Å²) in [6.07, 6.45) is 1.98. The molecule has 3 heteroatoms. The van der Waals surface area contributed by atoms with Crippen LogP contribution in [0, 0.1) is 0 Å². The van der Waals surface area contributed by atoms with Crippen LogP contribution in [-0.2, 0) is 0 Å². The molecular formula is C36H22N2O. The number of hydrogen-bond acceptors (Lipinski definition) is 3. The molecule has 0 fully saturated rings. The van der Waals surface area contributed by atoms with E-state index >= 15 is 0 Å². The van der Waals surface area contributed by atoms with Crippen molar-refractivity contribution in [3.63, 3.8) is 0 Å². The van der Waals surface area contributed by atoms with Crippen LogP contribution < -0.4 is 0 Å². The number of para-hydroxylation sites is 2. The Kier molecular flexibility index (Phi) is 4.82. The van der Waals surface area contributed by atoms with Crippen LogP contribution in [0.2, 0.25) is 0 Å². The summed E-state index contributed by atoms with van der Waals surface area (Å²) in [4.78, 5) is 9.60. The summed E-state index contributed by atoms with van der Waals surface area (Å²) in [5.41, 5.74) is 7.14. The molecule has 8 rings (SSSR count). The van der Waals surface area contributed by atoms with Gasteiger partial charge in [-0.05, 0) is 68.4 Å². The number of pyridine rings is 1. The fourth-order valence-corrected chi connectivity index (χ4v) is 5.71. The van der Waals surface area contributed by atoms with Crippen LogP contribution in [0.3, 0.4) is 0 Å². The molecule has 0 amide bonds. The van der Waals surface area contributed by atoms with Crippen molar-refractivity contribution in [3.8, 4) is 33.8 Å². The van der Waals surface area contributed by atoms with Crippen molar-refractivity contribution in [2.45, 2.75) is 0 Å². The Morgan fingerprint density at radius 1 is 0.487 bits per heavy atom. The van der Waals surface area contributed by atoms with Gasteiger partial charge in [-0.15, -0.1) is 0 Å². The SMILES string of the molecule is c1ccc2cc(-c3c4ccccc4c(-c4ccc(-c5nc6ccccc6o5)cc4)c4ccccc34)ncc2c1. The minimum Gasteiger partial charge on any atom is -0.436 e. The van der Waals surface area contributed by atoms with E-state index in [1.807, 2.05) is 30.5 Å². The van der Waals surface area contributed by atoms with Crippen molar-refractivity contribution in [3.05, 3.63) is 134 Å². The van der Waals surface area contributed by atoms with Crippen molar-refractivity contribution in [1.82, 2.24) is 9.97 Å². The van der Waals surface area contributed by atoms with Crippen LogP contribution in [0.25, 0.3) is 77.3 Å². The average molecular weight is 499 g/mol. The monoisotopic (exact) mass is 498 g/mol. The van der Waals surface area contributed by atoms with Gasteiger partial charge in [0.2, 0.25) is 5.89 Å². The third kappa shape index (κ3) is 3.52. The first-order valence-corrected chi connectivity index (χ1v) is 13.1. The second kappa shape index (κ2) is 8.64. The van der Waals surface area contributed by atoms with Gasteiger partial charge in [-0.2, -0.15) is 0 Å². The normalized spacial score (nSPS) is 11.6. The van der Waals surface area contributed by atoms with Gasteiger partial charge in [0.25, 0.3) is 0 Å². The minimum atomic E-state index is 0.634. The van der Waals surface area contributed by atoms with E-state index in [0.29, 0.717) is 5.89 Å². The lowest BCUT2D eigenvalue weighted by atomic mass is 9.87. The first-order valence-electron chi connectivity index (χ1n) is 13.1. The zero-order valence-corrected chi connectivity index (χ0v) is 21.0. The lowest BCUT2D eigenvalue weighted by Crippen LogP contribution is -1.92. The lowest BCUT2D eigenvalue weighted by Gasteiger charge is -2.17. The molecule has 0 saturated heterocycles. The number of nitrogens with zero attached hydrogens (tertiary/aromatic N) is 2. The molecule has 0 bridgehead atoms. The van der Waals surface area contributed by atoms with E-state index in [2.05, 4.69) is 108 Å². The van der Waals surface area contributed by atoms with Gasteiger partial charge in [0.05, 0.1) is 5.69 Å². The van der Waals surface area contributed by atoms with E-state index in [9.17, 15) is 0 Å². The lowest BCUT2D eigenvalue weighted by molar-refractivity contribution is 0.620. The van der Waals surface area contributed by atoms with E-state index < -0.39 is 0 Å². The Hall–Kier alpha value is -5.28. The van der Waals surface area contributed by atoms with Crippen LogP contribution in [0.1, 0.15) is 0 Å². The Bertz CT molecular complexity index is 2080. The fourth-order valence-electron chi connectivity index (χ4n) is 5.71. The standard InChI is InChI=1S/C36H22N2O/c1-2-10-26-22-37-32(21-25(26)9-1)35-29-13-5-3-11-27(29)34(28-12-4-6-14-30(28)35)23-17-19-24(20-18-23)36-38-31-15-7-8-16-33(31)39-36/h1-22H. The molecule has 2 heterocycles. The number of hydrogen-bond donors (Lipinski definition) is 0. The molecule has 39 heavy (non-hydrogen) atoms. The molecule has 0 spiro atoms. The van der Waals surface area contributed by atoms with E-state index in [1.165, 1.54) is 38.1 Å². The first kappa shape index (κ1) is 21.8. The molecule has 0 aliphatic rings. The number of fused-ring (bicyclic) bond motifs is 4. The summed E-state index contributed by atoms with van der Waals surface area (Å²) in [5.74, 6) is 0.634. The second-order valence-electron chi connectivity index (χ2n) is 9.82. The molecular weight excluding hydrogens is 476 g/mol. The van der Waals surface area contributed by atoms with Gasteiger partial charge < -0.3 is 4.42 Å². The highest BCUT2D eigenvalue weighted by Crippen LogP contribution is 2.43. The van der Waals surface area contributed by atoms with Crippen LogP contribution >= 0.6 is 0 Å². The summed E-state index contributed by atoms with van der Waals surface area (Å²) in [5, 5.41) is 7.13. The largest absolute Gasteiger partial charge is 0.436 e. The van der Waals surface area contributed by atoms with Gasteiger partial charge in [0.15, 0.2) is 5.58 Å². The van der Waals surface area contributed by atoms with E-state index in [4.69, 9.17) is 9.40 Å². The van der Waals surface area contributed by atoms with Crippen molar-refractivity contribution in [2.75, 3.05) is 0 Å². The molecule has 0 unspecified atom stereocenters. The minimum absolute atomic E-state index is 0.634. The van der Waals surface area contributed by atoms with E-state index in [0.717, 1.165) is 33.3 Å². The Labute approximate surface area is 225 Å². The van der Waals surface area contributed by atoms with Gasteiger partial charge >= 0.3 is 0 Å². The maximum absolute atomic E-state index is 6.02. The fraction of sp³-hybridized carbons (Fsp3) is 0. The maximum Gasteiger partial charge on any atom is 0.227 e. The molecule has 6 aromatic carbocycles. The zero-order valence-electron chi connectivity index (χ0n) is 21.0. The van der Waals surface area contributed by atoms with Gasteiger partial charge in [0.1, 0.15) is 5.52 Å². The summed E-state index contributed by atoms with van der Waals surface area (Å²) >= 11 is 0. The van der Waals surface area contributed by atoms with Crippen molar-refractivity contribution in [1.29, 1.82) is 0 Å². The van der Waals surface area contributed by atoms with E-state index in [-0.39, 0.29) is 0 Å². The third-order valence-electron chi connectivity index (χ3n) is 7.53. The third-order valence-corrected chi connectivity index (χ3v) is 7.53. The number of aromatic nitrogens is 2. The summed E-state index contributed by atoms with van der Waals surface area (Å²) in [6.45, 7) is 0. The Morgan fingerprint density at radius 3 is 1.74 bits per heavy atom. The number of rotatable bonds is 3. The predicted octanol–water partition coefficient (Wildman–Crippen LogP) is 9.68. The first-order chi connectivity index (χ1) is 19.3.